The Morgan fingerprint density at radius 1 is 1.00 bits per heavy atom. The Hall–Kier alpha value is -0.160. The van der Waals surface area contributed by atoms with Crippen LogP contribution in [0.4, 0.5) is 0 Å². The number of hydrogen-bond acceptors (Lipinski definition) is 4. The molecule has 0 bridgehead atoms. The van der Waals surface area contributed by atoms with Gasteiger partial charge in [-0.05, 0) is 43.9 Å². The minimum absolute atomic E-state index is 0.465. The van der Waals surface area contributed by atoms with E-state index in [9.17, 15) is 0 Å². The molecule has 94 valence electrons. The number of hydrogen-bond donors (Lipinski definition) is 2. The molecule has 0 saturated carbocycles. The maximum absolute atomic E-state index is 5.70. The summed E-state index contributed by atoms with van der Waals surface area (Å²) in [4.78, 5) is 0. The lowest BCUT2D eigenvalue weighted by atomic mass is 9.83. The second-order valence-corrected chi connectivity index (χ2v) is 5.01. The average molecular weight is 228 g/mol. The standard InChI is InChI=1S/C12H24N2O2/c13-14-12(11-3-7-16-8-4-11)9-10-1-5-15-6-2-10/h10-12,14H,1-9,13H2. The van der Waals surface area contributed by atoms with Crippen molar-refractivity contribution in [2.45, 2.75) is 38.1 Å². The van der Waals surface area contributed by atoms with Gasteiger partial charge in [0.25, 0.3) is 0 Å². The first-order valence-electron chi connectivity index (χ1n) is 6.51. The Labute approximate surface area is 97.8 Å². The minimum Gasteiger partial charge on any atom is -0.381 e. The summed E-state index contributed by atoms with van der Waals surface area (Å²) in [6.45, 7) is 3.65. The molecule has 2 rings (SSSR count). The van der Waals surface area contributed by atoms with Gasteiger partial charge in [0.05, 0.1) is 0 Å². The molecule has 2 aliphatic heterocycles. The largest absolute Gasteiger partial charge is 0.381 e. The summed E-state index contributed by atoms with van der Waals surface area (Å²) < 4.78 is 10.8. The van der Waals surface area contributed by atoms with Gasteiger partial charge >= 0.3 is 0 Å². The van der Waals surface area contributed by atoms with Gasteiger partial charge in [0.1, 0.15) is 0 Å². The zero-order valence-corrected chi connectivity index (χ0v) is 9.99. The molecule has 0 aliphatic carbocycles. The molecule has 16 heavy (non-hydrogen) atoms. The molecule has 4 heteroatoms. The van der Waals surface area contributed by atoms with Crippen molar-refractivity contribution in [2.24, 2.45) is 17.7 Å². The smallest absolute Gasteiger partial charge is 0.0469 e. The highest BCUT2D eigenvalue weighted by Gasteiger charge is 2.26. The second kappa shape index (κ2) is 6.55. The van der Waals surface area contributed by atoms with Gasteiger partial charge in [-0.2, -0.15) is 0 Å². The topological polar surface area (TPSA) is 56.5 Å². The van der Waals surface area contributed by atoms with Gasteiger partial charge < -0.3 is 9.47 Å². The Morgan fingerprint density at radius 2 is 1.56 bits per heavy atom. The minimum atomic E-state index is 0.465. The number of nitrogens with two attached hydrogens (primary N) is 1. The Kier molecular flexibility index (Phi) is 5.03. The zero-order valence-electron chi connectivity index (χ0n) is 9.99. The molecule has 0 aromatic rings. The van der Waals surface area contributed by atoms with E-state index in [-0.39, 0.29) is 0 Å². The van der Waals surface area contributed by atoms with Gasteiger partial charge in [-0.25, -0.2) is 0 Å². The molecule has 1 unspecified atom stereocenters. The third-order valence-corrected chi connectivity index (χ3v) is 3.98. The molecule has 0 aromatic carbocycles. The van der Waals surface area contributed by atoms with Crippen LogP contribution in [-0.4, -0.2) is 32.5 Å². The maximum Gasteiger partial charge on any atom is 0.0469 e. The summed E-state index contributed by atoms with van der Waals surface area (Å²) >= 11 is 0. The SMILES string of the molecule is NNC(CC1CCOCC1)C1CCOCC1. The van der Waals surface area contributed by atoms with Crippen molar-refractivity contribution < 1.29 is 9.47 Å². The number of ether oxygens (including phenoxy) is 2. The van der Waals surface area contributed by atoms with Crippen LogP contribution in [0.15, 0.2) is 0 Å². The first-order chi connectivity index (χ1) is 7.90. The highest BCUT2D eigenvalue weighted by molar-refractivity contribution is 4.80. The third kappa shape index (κ3) is 3.42. The molecule has 2 saturated heterocycles. The highest BCUT2D eigenvalue weighted by atomic mass is 16.5. The molecule has 3 N–H and O–H groups in total. The number of hydrazine groups is 1. The monoisotopic (exact) mass is 228 g/mol. The fraction of sp³-hybridized carbons (Fsp3) is 1.00. The summed E-state index contributed by atoms with van der Waals surface area (Å²) in [5.74, 6) is 7.18. The van der Waals surface area contributed by atoms with Gasteiger partial charge in [-0.1, -0.05) is 0 Å². The van der Waals surface area contributed by atoms with Crippen molar-refractivity contribution >= 4 is 0 Å². The average Bonchev–Trinajstić information content (AvgIpc) is 2.38. The van der Waals surface area contributed by atoms with E-state index >= 15 is 0 Å². The molecular formula is C12H24N2O2. The third-order valence-electron chi connectivity index (χ3n) is 3.98. The van der Waals surface area contributed by atoms with Crippen molar-refractivity contribution in [3.05, 3.63) is 0 Å². The van der Waals surface area contributed by atoms with Crippen LogP contribution in [0.3, 0.4) is 0 Å². The Bertz CT molecular complexity index is 189. The van der Waals surface area contributed by atoms with Crippen LogP contribution in [0.1, 0.15) is 32.1 Å². The quantitative estimate of drug-likeness (QED) is 0.558. The predicted octanol–water partition coefficient (Wildman–Crippen LogP) is 1.06. The highest BCUT2D eigenvalue weighted by Crippen LogP contribution is 2.27. The predicted molar refractivity (Wildman–Crippen MR) is 62.8 cm³/mol. The van der Waals surface area contributed by atoms with Crippen LogP contribution >= 0.6 is 0 Å². The molecule has 0 aromatic heterocycles. The first-order valence-corrected chi connectivity index (χ1v) is 6.51. The van der Waals surface area contributed by atoms with Crippen molar-refractivity contribution in [2.75, 3.05) is 26.4 Å². The molecule has 0 spiro atoms. The lowest BCUT2D eigenvalue weighted by molar-refractivity contribution is 0.0354. The van der Waals surface area contributed by atoms with Crippen LogP contribution in [0.25, 0.3) is 0 Å². The van der Waals surface area contributed by atoms with Crippen molar-refractivity contribution in [1.29, 1.82) is 0 Å². The molecule has 0 amide bonds. The summed E-state index contributed by atoms with van der Waals surface area (Å²) in [6, 6.07) is 0.465. The molecule has 2 heterocycles. The molecule has 2 fully saturated rings. The summed E-state index contributed by atoms with van der Waals surface area (Å²) in [5.41, 5.74) is 3.02. The van der Waals surface area contributed by atoms with E-state index in [0.29, 0.717) is 12.0 Å². The Balaban J connectivity index is 1.78. The van der Waals surface area contributed by atoms with E-state index in [1.165, 1.54) is 19.3 Å². The van der Waals surface area contributed by atoms with Crippen molar-refractivity contribution in [3.63, 3.8) is 0 Å². The van der Waals surface area contributed by atoms with Gasteiger partial charge in [-0.3, -0.25) is 11.3 Å². The van der Waals surface area contributed by atoms with Gasteiger partial charge in [-0.15, -0.1) is 0 Å². The van der Waals surface area contributed by atoms with Crippen molar-refractivity contribution in [1.82, 2.24) is 5.43 Å². The van der Waals surface area contributed by atoms with E-state index < -0.39 is 0 Å². The maximum atomic E-state index is 5.70. The van der Waals surface area contributed by atoms with Crippen LogP contribution in [0.5, 0.6) is 0 Å². The van der Waals surface area contributed by atoms with Gasteiger partial charge in [0.2, 0.25) is 0 Å². The van der Waals surface area contributed by atoms with Crippen LogP contribution < -0.4 is 11.3 Å². The second-order valence-electron chi connectivity index (χ2n) is 5.01. The zero-order chi connectivity index (χ0) is 11.2. The lowest BCUT2D eigenvalue weighted by Gasteiger charge is -2.33. The molecule has 1 atom stereocenters. The van der Waals surface area contributed by atoms with Crippen LogP contribution in [-0.2, 0) is 9.47 Å². The summed E-state index contributed by atoms with van der Waals surface area (Å²) in [6.07, 6.45) is 5.89. The normalized spacial score (nSPS) is 26.8. The van der Waals surface area contributed by atoms with E-state index in [4.69, 9.17) is 15.3 Å². The fourth-order valence-electron chi connectivity index (χ4n) is 2.86. The molecule has 0 radical (unpaired) electrons. The summed E-state index contributed by atoms with van der Waals surface area (Å²) in [5, 5.41) is 0. The van der Waals surface area contributed by atoms with Crippen molar-refractivity contribution in [3.8, 4) is 0 Å². The lowest BCUT2D eigenvalue weighted by Crippen LogP contribution is -2.44. The van der Waals surface area contributed by atoms with E-state index in [0.717, 1.165) is 45.2 Å². The molecule has 2 aliphatic rings. The van der Waals surface area contributed by atoms with E-state index in [1.807, 2.05) is 0 Å². The molecular weight excluding hydrogens is 204 g/mol. The molecule has 4 nitrogen and oxygen atoms in total. The first kappa shape index (κ1) is 12.3. The van der Waals surface area contributed by atoms with E-state index in [2.05, 4.69) is 5.43 Å². The number of rotatable bonds is 4. The van der Waals surface area contributed by atoms with Gasteiger partial charge in [0.15, 0.2) is 0 Å². The fourth-order valence-corrected chi connectivity index (χ4v) is 2.86. The van der Waals surface area contributed by atoms with E-state index in [1.54, 1.807) is 0 Å². The summed E-state index contributed by atoms with van der Waals surface area (Å²) in [7, 11) is 0. The van der Waals surface area contributed by atoms with Crippen LogP contribution in [0, 0.1) is 11.8 Å². The Morgan fingerprint density at radius 3 is 2.12 bits per heavy atom. The number of nitrogens with one attached hydrogen (secondary N) is 1. The van der Waals surface area contributed by atoms with Gasteiger partial charge in [0, 0.05) is 32.5 Å². The van der Waals surface area contributed by atoms with Crippen LogP contribution in [0.2, 0.25) is 0 Å².